The number of rotatable bonds is 12. The largest absolute Gasteiger partial charge is 0.444 e. The minimum absolute atomic E-state index is 0.240. The fraction of sp³-hybridized carbons (Fsp3) is 0.533. The van der Waals surface area contributed by atoms with Crippen molar-refractivity contribution in [2.75, 3.05) is 46.7 Å². The van der Waals surface area contributed by atoms with Gasteiger partial charge in [0.15, 0.2) is 0 Å². The third kappa shape index (κ3) is 10.1. The van der Waals surface area contributed by atoms with E-state index in [9.17, 15) is 4.79 Å². The highest BCUT2D eigenvalue weighted by atomic mass is 16.6. The molecule has 0 unspecified atom stereocenters. The van der Waals surface area contributed by atoms with Crippen LogP contribution >= 0.6 is 0 Å². The van der Waals surface area contributed by atoms with Crippen LogP contribution in [-0.2, 0) is 25.6 Å². The number of carbonyl (C=O) groups excluding carboxylic acids is 1. The maximum Gasteiger partial charge on any atom is 0.421 e. The van der Waals surface area contributed by atoms with E-state index in [1.54, 1.807) is 7.11 Å². The van der Waals surface area contributed by atoms with Crippen LogP contribution in [0.5, 0.6) is 0 Å². The molecular formula is C15H24N2O5. The first-order valence-corrected chi connectivity index (χ1v) is 7.17. The summed E-state index contributed by atoms with van der Waals surface area (Å²) in [7, 11) is 1.63. The average molecular weight is 312 g/mol. The van der Waals surface area contributed by atoms with E-state index in [4.69, 9.17) is 18.9 Å². The van der Waals surface area contributed by atoms with Gasteiger partial charge < -0.3 is 18.9 Å². The molecule has 1 amide bonds. The predicted molar refractivity (Wildman–Crippen MR) is 81.3 cm³/mol. The minimum Gasteiger partial charge on any atom is -0.444 e. The van der Waals surface area contributed by atoms with Crippen LogP contribution in [0.15, 0.2) is 30.3 Å². The highest BCUT2D eigenvalue weighted by molar-refractivity contribution is 5.66. The molecule has 2 N–H and O–H groups in total. The molecule has 0 aliphatic rings. The van der Waals surface area contributed by atoms with E-state index >= 15 is 0 Å². The molecule has 124 valence electrons. The van der Waals surface area contributed by atoms with Crippen molar-refractivity contribution in [1.29, 1.82) is 0 Å². The predicted octanol–water partition coefficient (Wildman–Crippen LogP) is 1.10. The second-order valence-corrected chi connectivity index (χ2v) is 4.33. The Labute approximate surface area is 130 Å². The third-order valence-electron chi connectivity index (χ3n) is 2.58. The monoisotopic (exact) mass is 312 g/mol. The molecule has 0 aromatic heterocycles. The van der Waals surface area contributed by atoms with Gasteiger partial charge in [0.05, 0.1) is 33.0 Å². The molecule has 0 atom stereocenters. The van der Waals surface area contributed by atoms with E-state index < -0.39 is 6.09 Å². The lowest BCUT2D eigenvalue weighted by Gasteiger charge is -2.09. The van der Waals surface area contributed by atoms with Gasteiger partial charge in [0.25, 0.3) is 0 Å². The number of carbonyl (C=O) groups is 1. The van der Waals surface area contributed by atoms with E-state index in [0.717, 1.165) is 5.56 Å². The van der Waals surface area contributed by atoms with Crippen LogP contribution in [0.25, 0.3) is 0 Å². The Hall–Kier alpha value is -1.67. The van der Waals surface area contributed by atoms with Gasteiger partial charge in [-0.15, -0.1) is 0 Å². The van der Waals surface area contributed by atoms with Crippen molar-refractivity contribution < 1.29 is 23.7 Å². The summed E-state index contributed by atoms with van der Waals surface area (Å²) in [4.78, 5) is 11.4. The molecule has 0 bridgehead atoms. The summed E-state index contributed by atoms with van der Waals surface area (Å²) in [6.07, 6.45) is -0.522. The van der Waals surface area contributed by atoms with Crippen molar-refractivity contribution in [3.8, 4) is 0 Å². The highest BCUT2D eigenvalue weighted by Gasteiger charge is 2.01. The molecular weight excluding hydrogens is 288 g/mol. The molecule has 22 heavy (non-hydrogen) atoms. The van der Waals surface area contributed by atoms with Crippen LogP contribution in [0.3, 0.4) is 0 Å². The van der Waals surface area contributed by atoms with Crippen molar-refractivity contribution in [3.63, 3.8) is 0 Å². The lowest BCUT2D eigenvalue weighted by Crippen LogP contribution is -2.39. The molecule has 1 aromatic carbocycles. The average Bonchev–Trinajstić information content (AvgIpc) is 2.55. The highest BCUT2D eigenvalue weighted by Crippen LogP contribution is 1.99. The molecule has 0 saturated carbocycles. The third-order valence-corrected chi connectivity index (χ3v) is 2.58. The normalized spacial score (nSPS) is 10.4. The molecule has 0 heterocycles. The van der Waals surface area contributed by atoms with Gasteiger partial charge in [0.1, 0.15) is 6.61 Å². The fourth-order valence-corrected chi connectivity index (χ4v) is 1.48. The summed E-state index contributed by atoms with van der Waals surface area (Å²) in [5, 5.41) is 0. The second-order valence-electron chi connectivity index (χ2n) is 4.33. The quantitative estimate of drug-likeness (QED) is 0.444. The Morgan fingerprint density at radius 2 is 1.68 bits per heavy atom. The van der Waals surface area contributed by atoms with Crippen LogP contribution in [0.1, 0.15) is 5.56 Å². The van der Waals surface area contributed by atoms with Gasteiger partial charge in [-0.2, -0.15) is 0 Å². The van der Waals surface area contributed by atoms with Gasteiger partial charge in [-0.3, -0.25) is 5.43 Å². The van der Waals surface area contributed by atoms with Crippen LogP contribution in [0, 0.1) is 0 Å². The topological polar surface area (TPSA) is 78.0 Å². The zero-order valence-electron chi connectivity index (χ0n) is 12.9. The lowest BCUT2D eigenvalue weighted by molar-refractivity contribution is 0.0250. The number of hydrogen-bond acceptors (Lipinski definition) is 6. The number of hydrazine groups is 1. The van der Waals surface area contributed by atoms with E-state index in [0.29, 0.717) is 39.6 Å². The summed E-state index contributed by atoms with van der Waals surface area (Å²) >= 11 is 0. The van der Waals surface area contributed by atoms with Crippen LogP contribution in [0.4, 0.5) is 4.79 Å². The molecule has 1 rings (SSSR count). The summed E-state index contributed by atoms with van der Waals surface area (Å²) in [5.41, 5.74) is 6.09. The first-order chi connectivity index (χ1) is 10.8. The Balaban J connectivity index is 1.87. The van der Waals surface area contributed by atoms with Gasteiger partial charge in [0, 0.05) is 13.7 Å². The standard InChI is InChI=1S/C15H24N2O5/c1-19-9-10-21-12-11-20-8-7-16-17-15(18)22-13-14-5-3-2-4-6-14/h2-6,16H,7-13H2,1H3,(H,17,18). The number of hydrogen-bond donors (Lipinski definition) is 2. The zero-order chi connectivity index (χ0) is 15.9. The van der Waals surface area contributed by atoms with E-state index in [1.807, 2.05) is 30.3 Å². The van der Waals surface area contributed by atoms with Gasteiger partial charge in [-0.25, -0.2) is 10.2 Å². The molecule has 0 aliphatic heterocycles. The molecule has 0 aliphatic carbocycles. The zero-order valence-corrected chi connectivity index (χ0v) is 12.9. The summed E-state index contributed by atoms with van der Waals surface area (Å²) in [6, 6.07) is 9.48. The van der Waals surface area contributed by atoms with Gasteiger partial charge in [0.2, 0.25) is 0 Å². The Bertz CT molecular complexity index is 389. The molecule has 0 radical (unpaired) electrons. The van der Waals surface area contributed by atoms with Crippen molar-refractivity contribution in [2.45, 2.75) is 6.61 Å². The Kier molecular flexibility index (Phi) is 10.9. The molecule has 0 fully saturated rings. The van der Waals surface area contributed by atoms with Crippen molar-refractivity contribution in [2.24, 2.45) is 0 Å². The first kappa shape index (κ1) is 18.4. The molecule has 0 saturated heterocycles. The first-order valence-electron chi connectivity index (χ1n) is 7.17. The maximum absolute atomic E-state index is 11.4. The Morgan fingerprint density at radius 3 is 2.41 bits per heavy atom. The summed E-state index contributed by atoms with van der Waals surface area (Å²) in [5.74, 6) is 0. The Morgan fingerprint density at radius 1 is 1.00 bits per heavy atom. The van der Waals surface area contributed by atoms with Gasteiger partial charge >= 0.3 is 6.09 Å². The maximum atomic E-state index is 11.4. The molecule has 7 heteroatoms. The van der Waals surface area contributed by atoms with Crippen LogP contribution < -0.4 is 10.9 Å². The summed E-state index contributed by atoms with van der Waals surface area (Å²) in [6.45, 7) is 3.36. The van der Waals surface area contributed by atoms with Crippen molar-refractivity contribution in [1.82, 2.24) is 10.9 Å². The SMILES string of the molecule is COCCOCCOCCNNC(=O)OCc1ccccc1. The molecule has 7 nitrogen and oxygen atoms in total. The molecule has 0 spiro atoms. The van der Waals surface area contributed by atoms with Crippen LogP contribution in [-0.4, -0.2) is 52.8 Å². The smallest absolute Gasteiger partial charge is 0.421 e. The second kappa shape index (κ2) is 13.0. The number of benzene rings is 1. The van der Waals surface area contributed by atoms with Crippen molar-refractivity contribution >= 4 is 6.09 Å². The van der Waals surface area contributed by atoms with Gasteiger partial charge in [-0.1, -0.05) is 30.3 Å². The number of methoxy groups -OCH3 is 1. The molecule has 1 aromatic rings. The van der Waals surface area contributed by atoms with Crippen LogP contribution in [0.2, 0.25) is 0 Å². The summed E-state index contributed by atoms with van der Waals surface area (Å²) < 4.78 is 20.4. The van der Waals surface area contributed by atoms with E-state index in [-0.39, 0.29) is 6.61 Å². The lowest BCUT2D eigenvalue weighted by atomic mass is 10.2. The fourth-order valence-electron chi connectivity index (χ4n) is 1.48. The number of ether oxygens (including phenoxy) is 4. The van der Waals surface area contributed by atoms with Crippen molar-refractivity contribution in [3.05, 3.63) is 35.9 Å². The van der Waals surface area contributed by atoms with E-state index in [2.05, 4.69) is 10.9 Å². The number of amides is 1. The number of nitrogens with one attached hydrogen (secondary N) is 2. The van der Waals surface area contributed by atoms with Gasteiger partial charge in [-0.05, 0) is 5.56 Å². The van der Waals surface area contributed by atoms with E-state index in [1.165, 1.54) is 0 Å². The minimum atomic E-state index is -0.522.